The van der Waals surface area contributed by atoms with Crippen molar-refractivity contribution in [3.8, 4) is 0 Å². The van der Waals surface area contributed by atoms with Gasteiger partial charge in [-0.2, -0.15) is 10.2 Å². The second kappa shape index (κ2) is 4.73. The van der Waals surface area contributed by atoms with E-state index >= 15 is 0 Å². The molecule has 15 heavy (non-hydrogen) atoms. The van der Waals surface area contributed by atoms with Crippen molar-refractivity contribution in [3.05, 3.63) is 23.5 Å². The van der Waals surface area contributed by atoms with E-state index < -0.39 is 0 Å². The molecule has 1 heterocycles. The molecule has 1 aromatic heterocycles. The first-order valence-corrected chi connectivity index (χ1v) is 5.79. The molecule has 0 atom stereocenters. The standard InChI is InChI=1S/C13H22N2/c1-6-11-7-8-12(15-14-11)13(4,5)9-10(2)3/h7-8,10H,6,9H2,1-5H3. The summed E-state index contributed by atoms with van der Waals surface area (Å²) >= 11 is 0. The van der Waals surface area contributed by atoms with Gasteiger partial charge in [-0.3, -0.25) is 0 Å². The SMILES string of the molecule is CCc1ccc(C(C)(C)CC(C)C)nn1. The van der Waals surface area contributed by atoms with Gasteiger partial charge < -0.3 is 0 Å². The van der Waals surface area contributed by atoms with Crippen LogP contribution in [0.5, 0.6) is 0 Å². The van der Waals surface area contributed by atoms with Gasteiger partial charge in [-0.1, -0.05) is 34.6 Å². The minimum Gasteiger partial charge on any atom is -0.155 e. The summed E-state index contributed by atoms with van der Waals surface area (Å²) in [5, 5.41) is 8.55. The highest BCUT2D eigenvalue weighted by molar-refractivity contribution is 5.15. The predicted molar refractivity (Wildman–Crippen MR) is 63.9 cm³/mol. The first-order chi connectivity index (χ1) is 6.95. The van der Waals surface area contributed by atoms with Gasteiger partial charge in [0.15, 0.2) is 0 Å². The monoisotopic (exact) mass is 206 g/mol. The van der Waals surface area contributed by atoms with Crippen LogP contribution in [-0.4, -0.2) is 10.2 Å². The van der Waals surface area contributed by atoms with Crippen molar-refractivity contribution in [1.29, 1.82) is 0 Å². The van der Waals surface area contributed by atoms with Gasteiger partial charge in [0.1, 0.15) is 0 Å². The van der Waals surface area contributed by atoms with Gasteiger partial charge in [0.2, 0.25) is 0 Å². The Bertz CT molecular complexity index is 299. The topological polar surface area (TPSA) is 25.8 Å². The third-order valence-electron chi connectivity index (χ3n) is 2.69. The molecule has 1 rings (SSSR count). The molecule has 0 aliphatic carbocycles. The summed E-state index contributed by atoms with van der Waals surface area (Å²) in [4.78, 5) is 0. The Morgan fingerprint density at radius 1 is 1.20 bits per heavy atom. The molecule has 0 fully saturated rings. The predicted octanol–water partition coefficient (Wildman–Crippen LogP) is 3.36. The molecule has 0 spiro atoms. The quantitative estimate of drug-likeness (QED) is 0.755. The normalized spacial score (nSPS) is 12.1. The molecule has 0 N–H and O–H groups in total. The number of aryl methyl sites for hydroxylation is 1. The Labute approximate surface area is 93.1 Å². The van der Waals surface area contributed by atoms with Crippen molar-refractivity contribution in [2.45, 2.75) is 52.9 Å². The van der Waals surface area contributed by atoms with E-state index in [1.54, 1.807) is 0 Å². The maximum atomic E-state index is 4.32. The van der Waals surface area contributed by atoms with Gasteiger partial charge in [-0.05, 0) is 30.9 Å². The molecule has 2 heteroatoms. The summed E-state index contributed by atoms with van der Waals surface area (Å²) in [6, 6.07) is 4.21. The van der Waals surface area contributed by atoms with Crippen LogP contribution < -0.4 is 0 Å². The Balaban J connectivity index is 2.85. The van der Waals surface area contributed by atoms with E-state index in [4.69, 9.17) is 0 Å². The van der Waals surface area contributed by atoms with Crippen molar-refractivity contribution >= 4 is 0 Å². The van der Waals surface area contributed by atoms with E-state index in [0.717, 1.165) is 24.2 Å². The van der Waals surface area contributed by atoms with Crippen LogP contribution >= 0.6 is 0 Å². The highest BCUT2D eigenvalue weighted by Gasteiger charge is 2.23. The van der Waals surface area contributed by atoms with Gasteiger partial charge in [-0.25, -0.2) is 0 Å². The zero-order chi connectivity index (χ0) is 11.5. The molecule has 84 valence electrons. The Hall–Kier alpha value is -0.920. The van der Waals surface area contributed by atoms with Crippen molar-refractivity contribution < 1.29 is 0 Å². The fourth-order valence-electron chi connectivity index (χ4n) is 2.03. The lowest BCUT2D eigenvalue weighted by atomic mass is 9.81. The lowest BCUT2D eigenvalue weighted by Crippen LogP contribution is -2.22. The van der Waals surface area contributed by atoms with Gasteiger partial charge in [-0.15, -0.1) is 0 Å². The third-order valence-corrected chi connectivity index (χ3v) is 2.69. The van der Waals surface area contributed by atoms with E-state index in [9.17, 15) is 0 Å². The highest BCUT2D eigenvalue weighted by Crippen LogP contribution is 2.28. The molecule has 0 radical (unpaired) electrons. The van der Waals surface area contributed by atoms with Crippen LogP contribution in [-0.2, 0) is 11.8 Å². The maximum absolute atomic E-state index is 4.32. The molecular weight excluding hydrogens is 184 g/mol. The van der Waals surface area contributed by atoms with Gasteiger partial charge >= 0.3 is 0 Å². The average molecular weight is 206 g/mol. The number of nitrogens with zero attached hydrogens (tertiary/aromatic N) is 2. The zero-order valence-corrected chi connectivity index (χ0v) is 10.5. The van der Waals surface area contributed by atoms with Crippen LogP contribution in [0.3, 0.4) is 0 Å². The van der Waals surface area contributed by atoms with Crippen molar-refractivity contribution in [3.63, 3.8) is 0 Å². The van der Waals surface area contributed by atoms with Crippen molar-refractivity contribution in [2.75, 3.05) is 0 Å². The summed E-state index contributed by atoms with van der Waals surface area (Å²) in [7, 11) is 0. The summed E-state index contributed by atoms with van der Waals surface area (Å²) < 4.78 is 0. The number of rotatable bonds is 4. The minimum absolute atomic E-state index is 0.132. The first-order valence-electron chi connectivity index (χ1n) is 5.79. The molecule has 0 saturated carbocycles. The second-order valence-electron chi connectivity index (χ2n) is 5.25. The van der Waals surface area contributed by atoms with Crippen molar-refractivity contribution in [2.24, 2.45) is 5.92 Å². The van der Waals surface area contributed by atoms with Crippen molar-refractivity contribution in [1.82, 2.24) is 10.2 Å². The first kappa shape index (κ1) is 12.2. The summed E-state index contributed by atoms with van der Waals surface area (Å²) in [5.74, 6) is 0.688. The molecule has 0 bridgehead atoms. The average Bonchev–Trinajstić information content (AvgIpc) is 2.16. The largest absolute Gasteiger partial charge is 0.155 e. The molecule has 0 aliphatic heterocycles. The zero-order valence-electron chi connectivity index (χ0n) is 10.5. The highest BCUT2D eigenvalue weighted by atomic mass is 15.1. The molecular formula is C13H22N2. The maximum Gasteiger partial charge on any atom is 0.0687 e. The number of aromatic nitrogens is 2. The summed E-state index contributed by atoms with van der Waals surface area (Å²) in [5.41, 5.74) is 2.31. The van der Waals surface area contributed by atoms with E-state index in [1.165, 1.54) is 0 Å². The lowest BCUT2D eigenvalue weighted by molar-refractivity contribution is 0.387. The third kappa shape index (κ3) is 3.29. The minimum atomic E-state index is 0.132. The van der Waals surface area contributed by atoms with E-state index in [2.05, 4.69) is 56.9 Å². The molecule has 2 nitrogen and oxygen atoms in total. The number of hydrogen-bond acceptors (Lipinski definition) is 2. The second-order valence-corrected chi connectivity index (χ2v) is 5.25. The number of hydrogen-bond donors (Lipinski definition) is 0. The van der Waals surface area contributed by atoms with E-state index in [-0.39, 0.29) is 5.41 Å². The summed E-state index contributed by atoms with van der Waals surface area (Å²) in [6.07, 6.45) is 2.10. The Morgan fingerprint density at radius 2 is 1.87 bits per heavy atom. The van der Waals surface area contributed by atoms with E-state index in [0.29, 0.717) is 5.92 Å². The molecule has 0 saturated heterocycles. The van der Waals surface area contributed by atoms with Crippen LogP contribution in [0.2, 0.25) is 0 Å². The fraction of sp³-hybridized carbons (Fsp3) is 0.692. The molecule has 0 unspecified atom stereocenters. The smallest absolute Gasteiger partial charge is 0.0687 e. The van der Waals surface area contributed by atoms with Crippen LogP contribution in [0.15, 0.2) is 12.1 Å². The van der Waals surface area contributed by atoms with Gasteiger partial charge in [0, 0.05) is 5.41 Å². The summed E-state index contributed by atoms with van der Waals surface area (Å²) in [6.45, 7) is 11.1. The fourth-order valence-corrected chi connectivity index (χ4v) is 2.03. The Morgan fingerprint density at radius 3 is 2.27 bits per heavy atom. The van der Waals surface area contributed by atoms with Crippen LogP contribution in [0.25, 0.3) is 0 Å². The van der Waals surface area contributed by atoms with Gasteiger partial charge in [0.05, 0.1) is 11.4 Å². The molecule has 1 aromatic rings. The van der Waals surface area contributed by atoms with E-state index in [1.807, 2.05) is 0 Å². The molecule has 0 aliphatic rings. The molecule has 0 aromatic carbocycles. The van der Waals surface area contributed by atoms with Gasteiger partial charge in [0.25, 0.3) is 0 Å². The lowest BCUT2D eigenvalue weighted by Gasteiger charge is -2.25. The van der Waals surface area contributed by atoms with Crippen LogP contribution in [0.4, 0.5) is 0 Å². The van der Waals surface area contributed by atoms with Crippen LogP contribution in [0.1, 0.15) is 52.4 Å². The Kier molecular flexibility index (Phi) is 3.83. The van der Waals surface area contributed by atoms with Crippen LogP contribution in [0, 0.1) is 5.92 Å². The molecule has 0 amide bonds.